The molecule has 0 bridgehead atoms. The fraction of sp³-hybridized carbons (Fsp3) is 0.500. The molecule has 0 radical (unpaired) electrons. The number of halogens is 2. The topological polar surface area (TPSA) is 47.6 Å². The zero-order valence-corrected chi connectivity index (χ0v) is 13.3. The number of carbonyl (C=O) groups is 1. The van der Waals surface area contributed by atoms with Crippen molar-refractivity contribution in [3.63, 3.8) is 0 Å². The lowest BCUT2D eigenvalue weighted by molar-refractivity contribution is -0.131. The monoisotopic (exact) mass is 319 g/mol. The van der Waals surface area contributed by atoms with Crippen LogP contribution in [-0.4, -0.2) is 32.8 Å². The van der Waals surface area contributed by atoms with Crippen LogP contribution in [0.3, 0.4) is 0 Å². The average molecular weight is 320 g/mol. The smallest absolute Gasteiger partial charge is 0.249 e. The van der Waals surface area contributed by atoms with Crippen LogP contribution in [0.1, 0.15) is 24.9 Å². The van der Waals surface area contributed by atoms with E-state index in [0.717, 1.165) is 5.56 Å². The molecule has 0 aliphatic heterocycles. The second-order valence-corrected chi connectivity index (χ2v) is 5.21. The van der Waals surface area contributed by atoms with Gasteiger partial charge in [-0.15, -0.1) is 0 Å². The van der Waals surface area contributed by atoms with Crippen LogP contribution in [0.2, 0.25) is 10.0 Å². The minimum atomic E-state index is -0.511. The van der Waals surface area contributed by atoms with Gasteiger partial charge in [0.05, 0.1) is 16.1 Å². The first kappa shape index (κ1) is 17.2. The Morgan fingerprint density at radius 2 is 2.00 bits per heavy atom. The summed E-state index contributed by atoms with van der Waals surface area (Å²) in [5.41, 5.74) is 0.883. The first-order chi connectivity index (χ1) is 9.49. The first-order valence-electron chi connectivity index (χ1n) is 6.26. The van der Waals surface area contributed by atoms with Crippen molar-refractivity contribution >= 4 is 29.1 Å². The molecule has 0 aliphatic rings. The number of amides is 1. The van der Waals surface area contributed by atoms with E-state index < -0.39 is 6.10 Å². The molecule has 1 aromatic carbocycles. The van der Waals surface area contributed by atoms with E-state index in [1.54, 1.807) is 26.2 Å². The molecule has 4 nitrogen and oxygen atoms in total. The third-order valence-electron chi connectivity index (χ3n) is 3.00. The van der Waals surface area contributed by atoms with Crippen molar-refractivity contribution in [3.05, 3.63) is 33.8 Å². The number of ether oxygens (including phenoxy) is 2. The van der Waals surface area contributed by atoms with Crippen LogP contribution in [0.4, 0.5) is 0 Å². The zero-order valence-electron chi connectivity index (χ0n) is 11.8. The molecule has 2 atom stereocenters. The molecule has 0 unspecified atom stereocenters. The van der Waals surface area contributed by atoms with Gasteiger partial charge in [0.25, 0.3) is 0 Å². The van der Waals surface area contributed by atoms with Crippen molar-refractivity contribution in [1.29, 1.82) is 0 Å². The Morgan fingerprint density at radius 1 is 1.30 bits per heavy atom. The van der Waals surface area contributed by atoms with E-state index in [1.807, 2.05) is 6.07 Å². The quantitative estimate of drug-likeness (QED) is 0.839. The van der Waals surface area contributed by atoms with Gasteiger partial charge in [0, 0.05) is 20.8 Å². The third-order valence-corrected chi connectivity index (χ3v) is 3.73. The predicted molar refractivity (Wildman–Crippen MR) is 80.3 cm³/mol. The fourth-order valence-electron chi connectivity index (χ4n) is 1.68. The zero-order chi connectivity index (χ0) is 15.1. The summed E-state index contributed by atoms with van der Waals surface area (Å²) in [6, 6.07) is 5.11. The van der Waals surface area contributed by atoms with Crippen LogP contribution in [-0.2, 0) is 14.3 Å². The molecule has 6 heteroatoms. The van der Waals surface area contributed by atoms with Gasteiger partial charge in [0.2, 0.25) is 5.91 Å². The van der Waals surface area contributed by atoms with Crippen molar-refractivity contribution < 1.29 is 14.3 Å². The predicted octanol–water partition coefficient (Wildman–Crippen LogP) is 3.22. The Bertz CT molecular complexity index is 454. The highest BCUT2D eigenvalue weighted by Crippen LogP contribution is 2.27. The van der Waals surface area contributed by atoms with E-state index in [0.29, 0.717) is 23.1 Å². The van der Waals surface area contributed by atoms with Crippen LogP contribution in [0.15, 0.2) is 18.2 Å². The van der Waals surface area contributed by atoms with Gasteiger partial charge in [-0.05, 0) is 31.0 Å². The summed E-state index contributed by atoms with van der Waals surface area (Å²) in [6.07, 6.45) is 0.124. The summed E-state index contributed by atoms with van der Waals surface area (Å²) in [7, 11) is 3.11. The lowest BCUT2D eigenvalue weighted by atomic mass is 10.0. The van der Waals surface area contributed by atoms with E-state index >= 15 is 0 Å². The maximum atomic E-state index is 11.9. The van der Waals surface area contributed by atoms with Gasteiger partial charge in [-0.1, -0.05) is 29.3 Å². The number of rotatable bonds is 7. The number of benzene rings is 1. The molecular formula is C14H19Cl2NO3. The SMILES string of the molecule is COCC[C@H](NC(=O)[C@H](C)OC)c1ccc(Cl)c(Cl)c1. The summed E-state index contributed by atoms with van der Waals surface area (Å²) in [5.74, 6) is -0.181. The Morgan fingerprint density at radius 3 is 2.55 bits per heavy atom. The number of hydrogen-bond acceptors (Lipinski definition) is 3. The molecule has 1 amide bonds. The standard InChI is InChI=1S/C14H19Cl2NO3/c1-9(20-3)14(18)17-13(6-7-19-2)10-4-5-11(15)12(16)8-10/h4-5,8-9,13H,6-7H2,1-3H3,(H,17,18)/t9-,13-/m0/s1. The molecule has 0 heterocycles. The molecule has 1 N–H and O–H groups in total. The molecule has 112 valence electrons. The lowest BCUT2D eigenvalue weighted by Gasteiger charge is -2.21. The Balaban J connectivity index is 2.87. The van der Waals surface area contributed by atoms with Gasteiger partial charge in [-0.2, -0.15) is 0 Å². The van der Waals surface area contributed by atoms with Crippen molar-refractivity contribution in [2.75, 3.05) is 20.8 Å². The van der Waals surface area contributed by atoms with Crippen molar-refractivity contribution in [2.45, 2.75) is 25.5 Å². The number of methoxy groups -OCH3 is 2. The maximum Gasteiger partial charge on any atom is 0.249 e. The van der Waals surface area contributed by atoms with Crippen LogP contribution in [0.5, 0.6) is 0 Å². The molecule has 1 aromatic rings. The highest BCUT2D eigenvalue weighted by Gasteiger charge is 2.19. The fourth-order valence-corrected chi connectivity index (χ4v) is 1.99. The summed E-state index contributed by atoms with van der Waals surface area (Å²) in [4.78, 5) is 11.9. The molecule has 0 saturated carbocycles. The largest absolute Gasteiger partial charge is 0.385 e. The van der Waals surface area contributed by atoms with Gasteiger partial charge in [0.15, 0.2) is 0 Å². The molecular weight excluding hydrogens is 301 g/mol. The van der Waals surface area contributed by atoms with Crippen LogP contribution >= 0.6 is 23.2 Å². The molecule has 0 spiro atoms. The molecule has 1 rings (SSSR count). The third kappa shape index (κ3) is 4.94. The van der Waals surface area contributed by atoms with E-state index in [1.165, 1.54) is 7.11 Å². The summed E-state index contributed by atoms with van der Waals surface area (Å²) in [6.45, 7) is 2.21. The van der Waals surface area contributed by atoms with Crippen molar-refractivity contribution in [2.24, 2.45) is 0 Å². The Kier molecular flexibility index (Phi) is 7.30. The molecule has 20 heavy (non-hydrogen) atoms. The van der Waals surface area contributed by atoms with Gasteiger partial charge in [-0.3, -0.25) is 4.79 Å². The number of hydrogen-bond donors (Lipinski definition) is 1. The van der Waals surface area contributed by atoms with E-state index in [9.17, 15) is 4.79 Å². The highest BCUT2D eigenvalue weighted by molar-refractivity contribution is 6.42. The summed E-state index contributed by atoms with van der Waals surface area (Å²) >= 11 is 11.9. The van der Waals surface area contributed by atoms with Crippen molar-refractivity contribution in [1.82, 2.24) is 5.32 Å². The van der Waals surface area contributed by atoms with Crippen molar-refractivity contribution in [3.8, 4) is 0 Å². The van der Waals surface area contributed by atoms with Gasteiger partial charge < -0.3 is 14.8 Å². The van der Waals surface area contributed by atoms with Gasteiger partial charge in [-0.25, -0.2) is 0 Å². The van der Waals surface area contributed by atoms with Gasteiger partial charge >= 0.3 is 0 Å². The second-order valence-electron chi connectivity index (χ2n) is 4.39. The summed E-state index contributed by atoms with van der Waals surface area (Å²) < 4.78 is 10.1. The molecule has 0 fully saturated rings. The van der Waals surface area contributed by atoms with Gasteiger partial charge in [0.1, 0.15) is 6.10 Å². The molecule has 0 saturated heterocycles. The molecule has 0 aromatic heterocycles. The van der Waals surface area contributed by atoms with Crippen LogP contribution in [0, 0.1) is 0 Å². The van der Waals surface area contributed by atoms with E-state index in [4.69, 9.17) is 32.7 Å². The highest BCUT2D eigenvalue weighted by atomic mass is 35.5. The van der Waals surface area contributed by atoms with E-state index in [2.05, 4.69) is 5.32 Å². The first-order valence-corrected chi connectivity index (χ1v) is 7.02. The minimum Gasteiger partial charge on any atom is -0.385 e. The average Bonchev–Trinajstić information content (AvgIpc) is 2.45. The lowest BCUT2D eigenvalue weighted by Crippen LogP contribution is -2.37. The van der Waals surface area contributed by atoms with Crippen LogP contribution in [0.25, 0.3) is 0 Å². The number of nitrogens with one attached hydrogen (secondary N) is 1. The molecule has 0 aliphatic carbocycles. The minimum absolute atomic E-state index is 0.181. The van der Waals surface area contributed by atoms with Crippen LogP contribution < -0.4 is 5.32 Å². The number of carbonyl (C=O) groups excluding carboxylic acids is 1. The maximum absolute atomic E-state index is 11.9. The second kappa shape index (κ2) is 8.47. The summed E-state index contributed by atoms with van der Waals surface area (Å²) in [5, 5.41) is 3.86. The Hall–Kier alpha value is -0.810. The normalized spacial score (nSPS) is 13.8. The Labute approximate surface area is 129 Å². The van der Waals surface area contributed by atoms with E-state index in [-0.39, 0.29) is 11.9 Å².